The van der Waals surface area contributed by atoms with Crippen LogP contribution in [0.5, 0.6) is 0 Å². The van der Waals surface area contributed by atoms with Gasteiger partial charge in [0.25, 0.3) is 5.56 Å². The molecule has 0 atom stereocenters. The number of hydrogen-bond donors (Lipinski definition) is 0. The molecule has 2 aliphatic rings. The summed E-state index contributed by atoms with van der Waals surface area (Å²) in [5.74, 6) is 1.87. The number of likely N-dealkylation sites (tertiary alicyclic amines) is 1. The van der Waals surface area contributed by atoms with Gasteiger partial charge in [-0.25, -0.2) is 9.97 Å². The van der Waals surface area contributed by atoms with Gasteiger partial charge in [-0.2, -0.15) is 0 Å². The Morgan fingerprint density at radius 2 is 2.07 bits per heavy atom. The van der Waals surface area contributed by atoms with E-state index in [2.05, 4.69) is 34.5 Å². The fourth-order valence-corrected chi connectivity index (χ4v) is 3.95. The lowest BCUT2D eigenvalue weighted by Gasteiger charge is -2.31. The Balaban J connectivity index is 1.30. The highest BCUT2D eigenvalue weighted by Gasteiger charge is 2.22. The Bertz CT molecular complexity index is 810. The molecule has 0 saturated carbocycles. The van der Waals surface area contributed by atoms with E-state index in [4.69, 9.17) is 9.72 Å². The van der Waals surface area contributed by atoms with E-state index in [1.807, 2.05) is 0 Å². The number of piperidine rings is 1. The molecule has 0 aromatic carbocycles. The van der Waals surface area contributed by atoms with Crippen molar-refractivity contribution in [1.29, 1.82) is 0 Å². The Hall–Kier alpha value is -1.99. The molecule has 4 rings (SSSR count). The lowest BCUT2D eigenvalue weighted by molar-refractivity contribution is 0.0816. The standard InChI is InChI=1S/C20H29N5O2/c1-15(2)18-9-20(26)25(14-21-18)10-16-3-5-23(6-4-16)11-17-12-24-7-8-27-13-19(24)22-17/h9,12,14-16H,3-8,10-11,13H2,1-2H3. The van der Waals surface area contributed by atoms with Crippen LogP contribution in [0.2, 0.25) is 0 Å². The first-order valence-corrected chi connectivity index (χ1v) is 10.00. The van der Waals surface area contributed by atoms with Crippen molar-refractivity contribution in [2.45, 2.75) is 58.8 Å². The Morgan fingerprint density at radius 1 is 1.26 bits per heavy atom. The fourth-order valence-electron chi connectivity index (χ4n) is 3.95. The minimum absolute atomic E-state index is 0.0712. The average Bonchev–Trinajstić information content (AvgIpc) is 3.07. The molecule has 1 saturated heterocycles. The van der Waals surface area contributed by atoms with Gasteiger partial charge in [0.2, 0.25) is 0 Å². The first kappa shape index (κ1) is 18.4. The van der Waals surface area contributed by atoms with Crippen molar-refractivity contribution >= 4 is 0 Å². The summed E-state index contributed by atoms with van der Waals surface area (Å²) in [4.78, 5) is 23.9. The molecule has 1 fully saturated rings. The maximum absolute atomic E-state index is 12.3. The van der Waals surface area contributed by atoms with Gasteiger partial charge in [-0.1, -0.05) is 13.8 Å². The molecule has 7 nitrogen and oxygen atoms in total. The fraction of sp³-hybridized carbons (Fsp3) is 0.650. The highest BCUT2D eigenvalue weighted by atomic mass is 16.5. The number of aromatic nitrogens is 4. The molecule has 7 heteroatoms. The summed E-state index contributed by atoms with van der Waals surface area (Å²) in [5, 5.41) is 0. The Kier molecular flexibility index (Phi) is 5.41. The summed E-state index contributed by atoms with van der Waals surface area (Å²) in [6, 6.07) is 1.68. The van der Waals surface area contributed by atoms with Crippen molar-refractivity contribution in [2.24, 2.45) is 5.92 Å². The largest absolute Gasteiger partial charge is 0.372 e. The first-order valence-electron chi connectivity index (χ1n) is 10.00. The summed E-state index contributed by atoms with van der Waals surface area (Å²) in [7, 11) is 0. The predicted molar refractivity (Wildman–Crippen MR) is 102 cm³/mol. The van der Waals surface area contributed by atoms with Crippen molar-refractivity contribution in [3.63, 3.8) is 0 Å². The topological polar surface area (TPSA) is 65.2 Å². The highest BCUT2D eigenvalue weighted by molar-refractivity contribution is 5.06. The quantitative estimate of drug-likeness (QED) is 0.804. The average molecular weight is 371 g/mol. The normalized spacial score (nSPS) is 18.8. The minimum Gasteiger partial charge on any atom is -0.372 e. The van der Waals surface area contributed by atoms with Gasteiger partial charge >= 0.3 is 0 Å². The van der Waals surface area contributed by atoms with Crippen molar-refractivity contribution < 1.29 is 4.74 Å². The summed E-state index contributed by atoms with van der Waals surface area (Å²) in [6.07, 6.45) is 6.11. The lowest BCUT2D eigenvalue weighted by atomic mass is 9.96. The lowest BCUT2D eigenvalue weighted by Crippen LogP contribution is -2.36. The van der Waals surface area contributed by atoms with E-state index in [9.17, 15) is 4.79 Å². The van der Waals surface area contributed by atoms with Gasteiger partial charge < -0.3 is 9.30 Å². The zero-order valence-corrected chi connectivity index (χ0v) is 16.3. The van der Waals surface area contributed by atoms with Crippen molar-refractivity contribution in [1.82, 2.24) is 24.0 Å². The molecule has 146 valence electrons. The summed E-state index contributed by atoms with van der Waals surface area (Å²) in [5.41, 5.74) is 2.08. The number of ether oxygens (including phenoxy) is 1. The molecule has 0 bridgehead atoms. The van der Waals surface area contributed by atoms with Crippen LogP contribution in [-0.4, -0.2) is 43.7 Å². The Morgan fingerprint density at radius 3 is 2.78 bits per heavy atom. The van der Waals surface area contributed by atoms with Crippen LogP contribution in [0.4, 0.5) is 0 Å². The molecule has 2 aromatic rings. The third-order valence-electron chi connectivity index (χ3n) is 5.66. The molecule has 0 radical (unpaired) electrons. The second-order valence-corrected chi connectivity index (χ2v) is 8.07. The number of nitrogens with zero attached hydrogens (tertiary/aromatic N) is 5. The summed E-state index contributed by atoms with van der Waals surface area (Å²) in [6.45, 7) is 10.2. The van der Waals surface area contributed by atoms with E-state index in [-0.39, 0.29) is 11.5 Å². The van der Waals surface area contributed by atoms with Crippen LogP contribution in [0.3, 0.4) is 0 Å². The van der Waals surface area contributed by atoms with Gasteiger partial charge in [-0.15, -0.1) is 0 Å². The molecule has 0 amide bonds. The number of imidazole rings is 1. The summed E-state index contributed by atoms with van der Waals surface area (Å²) >= 11 is 0. The smallest absolute Gasteiger partial charge is 0.253 e. The van der Waals surface area contributed by atoms with Crippen LogP contribution in [0.25, 0.3) is 0 Å². The van der Waals surface area contributed by atoms with Gasteiger partial charge in [0.1, 0.15) is 12.4 Å². The van der Waals surface area contributed by atoms with E-state index < -0.39 is 0 Å². The molecule has 0 N–H and O–H groups in total. The Labute approximate surface area is 160 Å². The van der Waals surface area contributed by atoms with E-state index in [0.717, 1.165) is 69.4 Å². The zero-order valence-electron chi connectivity index (χ0n) is 16.3. The van der Waals surface area contributed by atoms with E-state index >= 15 is 0 Å². The van der Waals surface area contributed by atoms with Crippen LogP contribution < -0.4 is 5.56 Å². The predicted octanol–water partition coefficient (Wildman–Crippen LogP) is 2.01. The second kappa shape index (κ2) is 7.94. The van der Waals surface area contributed by atoms with E-state index in [1.165, 1.54) is 0 Å². The molecule has 4 heterocycles. The number of rotatable bonds is 5. The monoisotopic (exact) mass is 371 g/mol. The molecule has 2 aromatic heterocycles. The van der Waals surface area contributed by atoms with Crippen LogP contribution in [0, 0.1) is 5.92 Å². The maximum atomic E-state index is 12.3. The van der Waals surface area contributed by atoms with Gasteiger partial charge in [-0.3, -0.25) is 14.3 Å². The highest BCUT2D eigenvalue weighted by Crippen LogP contribution is 2.21. The molecule has 0 spiro atoms. The molecule has 0 unspecified atom stereocenters. The SMILES string of the molecule is CC(C)c1cc(=O)n(CC2CCN(Cc3cn4c(n3)COCC4)CC2)cn1. The van der Waals surface area contributed by atoms with E-state index in [0.29, 0.717) is 12.5 Å². The van der Waals surface area contributed by atoms with Gasteiger partial charge in [-0.05, 0) is 37.8 Å². The molecular formula is C20H29N5O2. The summed E-state index contributed by atoms with van der Waals surface area (Å²) < 4.78 is 9.46. The van der Waals surface area contributed by atoms with Crippen LogP contribution >= 0.6 is 0 Å². The maximum Gasteiger partial charge on any atom is 0.253 e. The molecule has 0 aliphatic carbocycles. The van der Waals surface area contributed by atoms with Crippen LogP contribution in [0.15, 0.2) is 23.4 Å². The van der Waals surface area contributed by atoms with Crippen molar-refractivity contribution in [3.8, 4) is 0 Å². The third-order valence-corrected chi connectivity index (χ3v) is 5.66. The van der Waals surface area contributed by atoms with Crippen molar-refractivity contribution in [3.05, 3.63) is 46.2 Å². The minimum atomic E-state index is 0.0712. The third kappa shape index (κ3) is 4.30. The molecule has 27 heavy (non-hydrogen) atoms. The zero-order chi connectivity index (χ0) is 18.8. The van der Waals surface area contributed by atoms with Crippen molar-refractivity contribution in [2.75, 3.05) is 19.7 Å². The van der Waals surface area contributed by atoms with Crippen LogP contribution in [-0.2, 0) is 31.0 Å². The van der Waals surface area contributed by atoms with Crippen LogP contribution in [0.1, 0.15) is 49.8 Å². The molecular weight excluding hydrogens is 342 g/mol. The first-order chi connectivity index (χ1) is 13.1. The second-order valence-electron chi connectivity index (χ2n) is 8.07. The van der Waals surface area contributed by atoms with Gasteiger partial charge in [0, 0.05) is 31.9 Å². The molecule has 2 aliphatic heterocycles. The van der Waals surface area contributed by atoms with Gasteiger partial charge in [0.15, 0.2) is 0 Å². The van der Waals surface area contributed by atoms with Gasteiger partial charge in [0.05, 0.1) is 24.3 Å². The number of fused-ring (bicyclic) bond motifs is 1. The van der Waals surface area contributed by atoms with E-state index in [1.54, 1.807) is 17.0 Å². The number of hydrogen-bond acceptors (Lipinski definition) is 5.